The highest BCUT2D eigenvalue weighted by atomic mass is 79.9. The average Bonchev–Trinajstić information content (AvgIpc) is 2.68. The van der Waals surface area contributed by atoms with E-state index in [2.05, 4.69) is 194 Å². The third-order valence-corrected chi connectivity index (χ3v) is 26.5. The van der Waals surface area contributed by atoms with Crippen LogP contribution in [0.15, 0.2) is 60.7 Å². The molecule has 0 nitrogen and oxygen atoms in total. The molecule has 1 atom stereocenters. The first-order valence-electron chi connectivity index (χ1n) is 8.15. The molecule has 0 N–H and O–H groups in total. The molecule has 0 saturated heterocycles. The number of hydrogen-bond donors (Lipinski definition) is 0. The fourth-order valence-electron chi connectivity index (χ4n) is 2.63. The van der Waals surface area contributed by atoms with E-state index < -0.39 is 20.5 Å². The topological polar surface area (TPSA) is 0 Å². The maximum absolute atomic E-state index is 3.99. The Labute approximate surface area is 270 Å². The van der Waals surface area contributed by atoms with Crippen LogP contribution >= 0.6 is 175 Å². The van der Waals surface area contributed by atoms with Crippen molar-refractivity contribution < 1.29 is 0 Å². The molecule has 2 aromatic carbocycles. The van der Waals surface area contributed by atoms with Gasteiger partial charge in [-0.25, -0.2) is 0 Å². The van der Waals surface area contributed by atoms with Crippen LogP contribution in [0.25, 0.3) is 0 Å². The lowest BCUT2D eigenvalue weighted by Crippen LogP contribution is -2.64. The fraction of sp³-hybridized carbons (Fsp3) is 0.368. The molecule has 0 amide bonds. The van der Waals surface area contributed by atoms with Crippen LogP contribution in [0.3, 0.4) is 0 Å². The molecule has 2 rings (SSSR count). The van der Waals surface area contributed by atoms with Crippen molar-refractivity contribution in [3.05, 3.63) is 71.8 Å². The van der Waals surface area contributed by atoms with Crippen molar-refractivity contribution >= 4 is 175 Å². The Kier molecular flexibility index (Phi) is 10.6. The largest absolute Gasteiger partial charge is 0.137 e. The van der Waals surface area contributed by atoms with Gasteiger partial charge in [-0.05, 0) is 18.1 Å². The van der Waals surface area contributed by atoms with Crippen LogP contribution in [-0.4, -0.2) is 14.0 Å². The minimum atomic E-state index is -0.858. The van der Waals surface area contributed by atoms with Crippen molar-refractivity contribution in [2.45, 2.75) is 27.4 Å². The molecule has 0 fully saturated rings. The van der Waals surface area contributed by atoms with Crippen molar-refractivity contribution in [1.82, 2.24) is 0 Å². The molecular formula is C19H13Br11. The zero-order valence-corrected chi connectivity index (χ0v) is 32.4. The first-order valence-corrected chi connectivity index (χ1v) is 16.9. The highest BCUT2D eigenvalue weighted by Gasteiger charge is 2.72. The summed E-state index contributed by atoms with van der Waals surface area (Å²) < 4.78 is -4.54. The van der Waals surface area contributed by atoms with Crippen LogP contribution < -0.4 is 0 Å². The molecule has 30 heavy (non-hydrogen) atoms. The summed E-state index contributed by atoms with van der Waals surface area (Å²) in [7, 11) is 0. The number of rotatable bonds is 7. The molecule has 0 saturated carbocycles. The van der Waals surface area contributed by atoms with Gasteiger partial charge in [0.25, 0.3) is 0 Å². The van der Waals surface area contributed by atoms with E-state index in [4.69, 9.17) is 0 Å². The quantitative estimate of drug-likeness (QED) is 0.242. The highest BCUT2D eigenvalue weighted by molar-refractivity contribution is 9.34. The molecule has 2 aromatic rings. The van der Waals surface area contributed by atoms with E-state index in [1.807, 2.05) is 48.5 Å². The Balaban J connectivity index is 2.60. The third-order valence-electron chi connectivity index (χ3n) is 4.64. The molecular weight excluding hydrogens is 1110 g/mol. The summed E-state index contributed by atoms with van der Waals surface area (Å²) >= 11 is 43.3. The predicted octanol–water partition coefficient (Wildman–Crippen LogP) is 11.9. The van der Waals surface area contributed by atoms with Gasteiger partial charge in [0.15, 0.2) is 0 Å². The number of halogens is 11. The molecule has 0 aliphatic heterocycles. The average molecular weight is 1120 g/mol. The summed E-state index contributed by atoms with van der Waals surface area (Å²) in [4.78, 5) is 0. The maximum Gasteiger partial charge on any atom is 0.137 e. The van der Waals surface area contributed by atoms with Gasteiger partial charge < -0.3 is 0 Å². The summed E-state index contributed by atoms with van der Waals surface area (Å²) in [5, 5.41) is 0. The van der Waals surface area contributed by atoms with Crippen molar-refractivity contribution in [3.63, 3.8) is 0 Å². The van der Waals surface area contributed by atoms with E-state index in [1.54, 1.807) is 0 Å². The maximum atomic E-state index is 3.99. The predicted molar refractivity (Wildman–Crippen MR) is 171 cm³/mol. The van der Waals surface area contributed by atoms with Crippen LogP contribution in [0, 0.1) is 0 Å². The molecule has 0 spiro atoms. The lowest BCUT2D eigenvalue weighted by atomic mass is 9.93. The monoisotopic (exact) mass is 1110 g/mol. The first kappa shape index (κ1) is 29.9. The molecule has 1 unspecified atom stereocenters. The Morgan fingerprint density at radius 3 is 1.13 bits per heavy atom. The molecule has 0 aromatic heterocycles. The van der Waals surface area contributed by atoms with E-state index in [9.17, 15) is 0 Å². The normalized spacial score (nSPS) is 16.3. The van der Waals surface area contributed by atoms with Crippen molar-refractivity contribution in [2.24, 2.45) is 0 Å². The fourth-order valence-corrected chi connectivity index (χ4v) is 12.8. The molecule has 0 radical (unpaired) electrons. The van der Waals surface area contributed by atoms with E-state index in [0.29, 0.717) is 0 Å². The summed E-state index contributed by atoms with van der Waals surface area (Å²) in [5.74, 6) is 0. The Hall–Kier alpha value is 3.72. The van der Waals surface area contributed by atoms with E-state index in [-0.39, 0.29) is 0 Å². The zero-order chi connectivity index (χ0) is 23.2. The highest BCUT2D eigenvalue weighted by Crippen LogP contribution is 2.75. The minimum absolute atomic E-state index is 0.655. The summed E-state index contributed by atoms with van der Waals surface area (Å²) in [6.45, 7) is 2.08. The van der Waals surface area contributed by atoms with Crippen LogP contribution in [0.1, 0.15) is 18.1 Å². The van der Waals surface area contributed by atoms with Crippen LogP contribution in [0.4, 0.5) is 0 Å². The number of hydrogen-bond acceptors (Lipinski definition) is 0. The zero-order valence-electron chi connectivity index (χ0n) is 14.9. The summed E-state index contributed by atoms with van der Waals surface area (Å²) in [6, 6.07) is 20.2. The van der Waals surface area contributed by atoms with Gasteiger partial charge in [0.05, 0.1) is 4.32 Å². The first-order chi connectivity index (χ1) is 13.5. The van der Waals surface area contributed by atoms with Gasteiger partial charge >= 0.3 is 0 Å². The second-order valence-corrected chi connectivity index (χ2v) is 25.4. The second-order valence-electron chi connectivity index (χ2n) is 6.61. The molecule has 0 heterocycles. The Morgan fingerprint density at radius 2 is 0.767 bits per heavy atom. The van der Waals surface area contributed by atoms with Crippen molar-refractivity contribution in [1.29, 1.82) is 0 Å². The standard InChI is InChI=1S/C19H13Br11/c1-14(20,15(21,22)12-8-4-2-5-9-12)17(25,26)19(29,30)18(27,28)16(23,24)13-10-6-3-7-11-13/h2-11H,1H3. The van der Waals surface area contributed by atoms with E-state index in [0.717, 1.165) is 11.1 Å². The van der Waals surface area contributed by atoms with E-state index in [1.165, 1.54) is 0 Å². The Morgan fingerprint density at radius 1 is 0.433 bits per heavy atom. The van der Waals surface area contributed by atoms with E-state index >= 15 is 0 Å². The summed E-state index contributed by atoms with van der Waals surface area (Å²) in [5.41, 5.74) is 2.06. The lowest BCUT2D eigenvalue weighted by Gasteiger charge is -2.56. The number of alkyl halides is 11. The van der Waals surface area contributed by atoms with Gasteiger partial charge in [-0.2, -0.15) is 0 Å². The van der Waals surface area contributed by atoms with Gasteiger partial charge in [0.1, 0.15) is 16.2 Å². The van der Waals surface area contributed by atoms with Gasteiger partial charge in [-0.15, -0.1) is 0 Å². The molecule has 166 valence electrons. The summed E-state index contributed by atoms with van der Waals surface area (Å²) in [6.07, 6.45) is 0. The van der Waals surface area contributed by atoms with Crippen LogP contribution in [-0.2, 0) is 6.47 Å². The molecule has 0 aliphatic carbocycles. The van der Waals surface area contributed by atoms with Crippen LogP contribution in [0.2, 0.25) is 0 Å². The van der Waals surface area contributed by atoms with Crippen molar-refractivity contribution in [3.8, 4) is 0 Å². The van der Waals surface area contributed by atoms with Gasteiger partial charge in [-0.3, -0.25) is 0 Å². The van der Waals surface area contributed by atoms with Gasteiger partial charge in [0, 0.05) is 0 Å². The van der Waals surface area contributed by atoms with Gasteiger partial charge in [-0.1, -0.05) is 236 Å². The second kappa shape index (κ2) is 10.6. The number of benzene rings is 2. The smallest absolute Gasteiger partial charge is 0.0802 e. The van der Waals surface area contributed by atoms with Gasteiger partial charge in [0.2, 0.25) is 0 Å². The molecule has 0 aliphatic rings. The SMILES string of the molecule is CC(Br)(C(Br)(Br)c1ccccc1)C(Br)(Br)C(Br)(Br)C(Br)(Br)C(Br)(Br)c1ccccc1. The lowest BCUT2D eigenvalue weighted by molar-refractivity contribution is 0.520. The Bertz CT molecular complexity index is 785. The molecule has 0 bridgehead atoms. The minimum Gasteiger partial charge on any atom is -0.0802 e. The molecule has 11 heteroatoms. The van der Waals surface area contributed by atoms with Crippen LogP contribution in [0.5, 0.6) is 0 Å². The third kappa shape index (κ3) is 5.09. The van der Waals surface area contributed by atoms with Crippen molar-refractivity contribution in [2.75, 3.05) is 0 Å².